The number of hydrogen-bond acceptors (Lipinski definition) is 5. The third kappa shape index (κ3) is 3.90. The molecule has 1 aliphatic heterocycles. The lowest BCUT2D eigenvalue weighted by Crippen LogP contribution is -2.26. The fraction of sp³-hybridized carbons (Fsp3) is 0.500. The Balaban J connectivity index is 1.81. The summed E-state index contributed by atoms with van der Waals surface area (Å²) >= 11 is 6.37. The molecule has 154 valence electrons. The Morgan fingerprint density at radius 2 is 2.03 bits per heavy atom. The zero-order chi connectivity index (χ0) is 20.6. The normalized spacial score (nSPS) is 17.2. The maximum absolute atomic E-state index is 13.8. The molecule has 1 atom stereocenters. The molecule has 0 spiro atoms. The number of benzene rings is 1. The van der Waals surface area contributed by atoms with E-state index in [1.165, 1.54) is 0 Å². The molecule has 1 fully saturated rings. The van der Waals surface area contributed by atoms with E-state index in [-0.39, 0.29) is 25.6 Å². The molecule has 29 heavy (non-hydrogen) atoms. The standard InChI is InChI=1S/C20H23ClF2N6/c1-3-4-9-16-24-18(28-11-10-20(22,23)12-28)17-19(25-16)29(27-26-17)13(2)14-7-5-6-8-15(14)21/h5-8,13H,3-4,9-12H2,1-2H3/t13-/m0/s1. The second-order valence-electron chi connectivity index (χ2n) is 7.50. The number of anilines is 1. The summed E-state index contributed by atoms with van der Waals surface area (Å²) in [5, 5.41) is 9.19. The van der Waals surface area contributed by atoms with Gasteiger partial charge in [0.25, 0.3) is 5.92 Å². The van der Waals surface area contributed by atoms with Crippen LogP contribution < -0.4 is 4.90 Å². The summed E-state index contributed by atoms with van der Waals surface area (Å²) in [4.78, 5) is 10.9. The molecular weight excluding hydrogens is 398 g/mol. The minimum Gasteiger partial charge on any atom is -0.348 e. The van der Waals surface area contributed by atoms with E-state index < -0.39 is 5.92 Å². The van der Waals surface area contributed by atoms with E-state index in [0.717, 1.165) is 18.4 Å². The SMILES string of the molecule is CCCCc1nc(N2CCC(F)(F)C2)c2nnn([C@@H](C)c3ccccc3Cl)c2n1. The summed E-state index contributed by atoms with van der Waals surface area (Å²) in [6.07, 6.45) is 2.40. The van der Waals surface area contributed by atoms with Gasteiger partial charge in [-0.1, -0.05) is 48.4 Å². The van der Waals surface area contributed by atoms with Gasteiger partial charge in [-0.2, -0.15) is 0 Å². The first-order valence-corrected chi connectivity index (χ1v) is 10.3. The van der Waals surface area contributed by atoms with Gasteiger partial charge in [0.1, 0.15) is 5.82 Å². The maximum Gasteiger partial charge on any atom is 0.266 e. The predicted octanol–water partition coefficient (Wildman–Crippen LogP) is 4.67. The molecule has 0 amide bonds. The van der Waals surface area contributed by atoms with Crippen molar-refractivity contribution < 1.29 is 8.78 Å². The van der Waals surface area contributed by atoms with Crippen molar-refractivity contribution in [2.24, 2.45) is 0 Å². The van der Waals surface area contributed by atoms with E-state index in [0.29, 0.717) is 34.2 Å². The van der Waals surface area contributed by atoms with Crippen LogP contribution in [0.1, 0.15) is 50.5 Å². The summed E-state index contributed by atoms with van der Waals surface area (Å²) < 4.78 is 29.4. The number of rotatable bonds is 6. The van der Waals surface area contributed by atoms with Gasteiger partial charge in [-0.15, -0.1) is 5.10 Å². The molecule has 0 radical (unpaired) electrons. The summed E-state index contributed by atoms with van der Waals surface area (Å²) in [5.74, 6) is -1.66. The average molecular weight is 421 g/mol. The van der Waals surface area contributed by atoms with E-state index in [1.54, 1.807) is 9.58 Å². The average Bonchev–Trinajstić information content (AvgIpc) is 3.28. The monoisotopic (exact) mass is 420 g/mol. The van der Waals surface area contributed by atoms with E-state index >= 15 is 0 Å². The van der Waals surface area contributed by atoms with Crippen molar-refractivity contribution in [2.75, 3.05) is 18.0 Å². The van der Waals surface area contributed by atoms with Crippen LogP contribution in [-0.2, 0) is 6.42 Å². The summed E-state index contributed by atoms with van der Waals surface area (Å²) in [5.41, 5.74) is 1.88. The number of nitrogens with zero attached hydrogens (tertiary/aromatic N) is 6. The molecule has 0 N–H and O–H groups in total. The fourth-order valence-corrected chi connectivity index (χ4v) is 3.94. The van der Waals surface area contributed by atoms with Gasteiger partial charge in [0.15, 0.2) is 17.0 Å². The smallest absolute Gasteiger partial charge is 0.266 e. The minimum absolute atomic E-state index is 0.188. The first kappa shape index (κ1) is 19.9. The van der Waals surface area contributed by atoms with E-state index in [1.807, 2.05) is 31.2 Å². The highest BCUT2D eigenvalue weighted by Crippen LogP contribution is 2.34. The molecular formula is C20H23ClF2N6. The molecule has 0 bridgehead atoms. The van der Waals surface area contributed by atoms with Crippen molar-refractivity contribution in [1.82, 2.24) is 25.0 Å². The van der Waals surface area contributed by atoms with Gasteiger partial charge in [0, 0.05) is 24.4 Å². The Kier molecular flexibility index (Phi) is 5.38. The Morgan fingerprint density at radius 3 is 2.72 bits per heavy atom. The van der Waals surface area contributed by atoms with Crippen molar-refractivity contribution in [3.8, 4) is 0 Å². The lowest BCUT2D eigenvalue weighted by molar-refractivity contribution is 0.0257. The van der Waals surface area contributed by atoms with E-state index in [4.69, 9.17) is 11.6 Å². The van der Waals surface area contributed by atoms with E-state index in [9.17, 15) is 8.78 Å². The zero-order valence-corrected chi connectivity index (χ0v) is 17.2. The van der Waals surface area contributed by atoms with Crippen molar-refractivity contribution in [3.05, 3.63) is 40.7 Å². The minimum atomic E-state index is -2.72. The van der Waals surface area contributed by atoms with Crippen LogP contribution in [0.2, 0.25) is 5.02 Å². The van der Waals surface area contributed by atoms with Crippen LogP contribution >= 0.6 is 11.6 Å². The molecule has 9 heteroatoms. The molecule has 0 unspecified atom stereocenters. The Bertz CT molecular complexity index is 1020. The number of aryl methyl sites for hydroxylation is 1. The number of fused-ring (bicyclic) bond motifs is 1. The number of hydrogen-bond donors (Lipinski definition) is 0. The second-order valence-corrected chi connectivity index (χ2v) is 7.91. The quantitative estimate of drug-likeness (QED) is 0.579. The molecule has 3 heterocycles. The van der Waals surface area contributed by atoms with Crippen molar-refractivity contribution in [3.63, 3.8) is 0 Å². The topological polar surface area (TPSA) is 59.7 Å². The maximum atomic E-state index is 13.8. The largest absolute Gasteiger partial charge is 0.348 e. The van der Waals surface area contributed by atoms with Gasteiger partial charge in [0.2, 0.25) is 0 Å². The Hall–Kier alpha value is -2.35. The number of unbranched alkanes of at least 4 members (excludes halogenated alkanes) is 1. The molecule has 1 aromatic carbocycles. The van der Waals surface area contributed by atoms with E-state index in [2.05, 4.69) is 27.2 Å². The van der Waals surface area contributed by atoms with Crippen molar-refractivity contribution in [2.45, 2.75) is 51.5 Å². The lowest BCUT2D eigenvalue weighted by Gasteiger charge is -2.18. The number of alkyl halides is 2. The van der Waals surface area contributed by atoms with Crippen molar-refractivity contribution in [1.29, 1.82) is 0 Å². The predicted molar refractivity (Wildman–Crippen MR) is 109 cm³/mol. The molecule has 2 aromatic heterocycles. The lowest BCUT2D eigenvalue weighted by atomic mass is 10.1. The van der Waals surface area contributed by atoms with Gasteiger partial charge >= 0.3 is 0 Å². The molecule has 1 aliphatic rings. The zero-order valence-electron chi connectivity index (χ0n) is 16.4. The third-order valence-corrected chi connectivity index (χ3v) is 5.64. The van der Waals surface area contributed by atoms with Gasteiger partial charge in [0.05, 0.1) is 12.6 Å². The van der Waals surface area contributed by atoms with Crippen LogP contribution in [0.3, 0.4) is 0 Å². The first-order chi connectivity index (χ1) is 13.9. The first-order valence-electron chi connectivity index (χ1n) is 9.88. The van der Waals surface area contributed by atoms with Gasteiger partial charge < -0.3 is 4.90 Å². The molecule has 3 aromatic rings. The summed E-state index contributed by atoms with van der Waals surface area (Å²) in [6.45, 7) is 3.93. The number of halogens is 3. The second kappa shape index (κ2) is 7.82. The Labute approximate surface area is 172 Å². The highest BCUT2D eigenvalue weighted by molar-refractivity contribution is 6.31. The van der Waals surface area contributed by atoms with Crippen LogP contribution in [0.5, 0.6) is 0 Å². The van der Waals surface area contributed by atoms with Crippen LogP contribution in [-0.4, -0.2) is 44.0 Å². The highest BCUT2D eigenvalue weighted by Gasteiger charge is 2.40. The molecule has 4 rings (SSSR count). The van der Waals surface area contributed by atoms with Gasteiger partial charge in [-0.25, -0.2) is 23.4 Å². The summed E-state index contributed by atoms with van der Waals surface area (Å²) in [7, 11) is 0. The van der Waals surface area contributed by atoms with Crippen LogP contribution in [0.4, 0.5) is 14.6 Å². The number of aromatic nitrogens is 5. The van der Waals surface area contributed by atoms with Crippen LogP contribution in [0, 0.1) is 0 Å². The van der Waals surface area contributed by atoms with Crippen molar-refractivity contribution >= 4 is 28.6 Å². The highest BCUT2D eigenvalue weighted by atomic mass is 35.5. The van der Waals surface area contributed by atoms with Gasteiger partial charge in [-0.3, -0.25) is 0 Å². The fourth-order valence-electron chi connectivity index (χ4n) is 3.65. The third-order valence-electron chi connectivity index (χ3n) is 5.30. The van der Waals surface area contributed by atoms with Gasteiger partial charge in [-0.05, 0) is 25.0 Å². The van der Waals surface area contributed by atoms with Crippen LogP contribution in [0.15, 0.2) is 24.3 Å². The van der Waals surface area contributed by atoms with Crippen LogP contribution in [0.25, 0.3) is 11.2 Å². The summed E-state index contributed by atoms with van der Waals surface area (Å²) in [6, 6.07) is 7.33. The molecule has 0 saturated carbocycles. The molecule has 6 nitrogen and oxygen atoms in total. The molecule has 1 saturated heterocycles. The Morgan fingerprint density at radius 1 is 1.24 bits per heavy atom. The molecule has 0 aliphatic carbocycles.